The zero-order valence-electron chi connectivity index (χ0n) is 17.8. The lowest BCUT2D eigenvalue weighted by molar-refractivity contribution is -0.122. The summed E-state index contributed by atoms with van der Waals surface area (Å²) in [6.45, 7) is 5.56. The molecule has 0 radical (unpaired) electrons. The van der Waals surface area contributed by atoms with Gasteiger partial charge in [0.25, 0.3) is 5.91 Å². The molecule has 31 heavy (non-hydrogen) atoms. The number of ether oxygens (including phenoxy) is 1. The summed E-state index contributed by atoms with van der Waals surface area (Å²) in [4.78, 5) is 19.1. The molecule has 1 fully saturated rings. The number of thioether (sulfide) groups is 2. The Labute approximate surface area is 197 Å². The number of anilines is 1. The maximum atomic E-state index is 13.2. The van der Waals surface area contributed by atoms with Crippen molar-refractivity contribution in [3.8, 4) is 5.75 Å². The van der Waals surface area contributed by atoms with Crippen LogP contribution >= 0.6 is 35.7 Å². The minimum atomic E-state index is -0.00205. The molecule has 4 nitrogen and oxygen atoms in total. The van der Waals surface area contributed by atoms with Gasteiger partial charge in [-0.3, -0.25) is 9.69 Å². The van der Waals surface area contributed by atoms with Crippen molar-refractivity contribution in [2.45, 2.75) is 31.7 Å². The van der Waals surface area contributed by atoms with Crippen LogP contribution in [0.5, 0.6) is 5.75 Å². The van der Waals surface area contributed by atoms with Crippen LogP contribution in [-0.4, -0.2) is 28.8 Å². The SMILES string of the molecule is CCC(C=C1Sc2ccc(OC)cc2N1CC)=C1SC(=S)N(Cc2ccccc2)C1=O. The number of allylic oxidation sites excluding steroid dienone is 2. The van der Waals surface area contributed by atoms with E-state index in [2.05, 4.69) is 37.0 Å². The maximum Gasteiger partial charge on any atom is 0.266 e. The summed E-state index contributed by atoms with van der Waals surface area (Å²) in [6.07, 6.45) is 2.91. The van der Waals surface area contributed by atoms with Gasteiger partial charge in [-0.05, 0) is 42.7 Å². The molecule has 0 aromatic heterocycles. The highest BCUT2D eigenvalue weighted by molar-refractivity contribution is 8.26. The largest absolute Gasteiger partial charge is 0.497 e. The number of rotatable bonds is 6. The topological polar surface area (TPSA) is 32.8 Å². The number of thiocarbonyl (C=S) groups is 1. The van der Waals surface area contributed by atoms with E-state index >= 15 is 0 Å². The fourth-order valence-corrected chi connectivity index (χ4v) is 6.15. The van der Waals surface area contributed by atoms with Gasteiger partial charge in [-0.1, -0.05) is 73.0 Å². The molecule has 2 aliphatic rings. The molecule has 2 aromatic carbocycles. The fourth-order valence-electron chi connectivity index (χ4n) is 3.62. The van der Waals surface area contributed by atoms with E-state index in [9.17, 15) is 4.79 Å². The Morgan fingerprint density at radius 2 is 1.87 bits per heavy atom. The Morgan fingerprint density at radius 3 is 2.55 bits per heavy atom. The highest BCUT2D eigenvalue weighted by atomic mass is 32.2. The maximum absolute atomic E-state index is 13.2. The summed E-state index contributed by atoms with van der Waals surface area (Å²) < 4.78 is 6.02. The number of carbonyl (C=O) groups is 1. The van der Waals surface area contributed by atoms with Crippen molar-refractivity contribution >= 4 is 51.7 Å². The number of carbonyl (C=O) groups excluding carboxylic acids is 1. The molecule has 0 saturated carbocycles. The van der Waals surface area contributed by atoms with Gasteiger partial charge in [-0.15, -0.1) is 0 Å². The fraction of sp³-hybridized carbons (Fsp3) is 0.250. The van der Waals surface area contributed by atoms with Gasteiger partial charge in [0.15, 0.2) is 0 Å². The van der Waals surface area contributed by atoms with E-state index < -0.39 is 0 Å². The number of hydrogen-bond acceptors (Lipinski definition) is 6. The first-order valence-electron chi connectivity index (χ1n) is 10.2. The molecule has 160 valence electrons. The second-order valence-corrected chi connectivity index (χ2v) is 9.82. The highest BCUT2D eigenvalue weighted by Crippen LogP contribution is 2.48. The summed E-state index contributed by atoms with van der Waals surface area (Å²) in [5.41, 5.74) is 3.24. The summed E-state index contributed by atoms with van der Waals surface area (Å²) >= 11 is 8.69. The zero-order valence-corrected chi connectivity index (χ0v) is 20.2. The number of amides is 1. The standard InChI is InChI=1S/C24H24N2O2S3/c1-4-17(13-21-25(5-2)19-14-18(28-3)11-12-20(19)30-21)22-23(27)26(24(29)31-22)15-16-9-7-6-8-10-16/h6-14H,4-5,15H2,1-3H3. The third-order valence-corrected chi connectivity index (χ3v) is 7.88. The Hall–Kier alpha value is -2.22. The van der Waals surface area contributed by atoms with Gasteiger partial charge >= 0.3 is 0 Å². The van der Waals surface area contributed by atoms with Crippen molar-refractivity contribution in [2.24, 2.45) is 0 Å². The molecule has 1 saturated heterocycles. The minimum Gasteiger partial charge on any atom is -0.497 e. The highest BCUT2D eigenvalue weighted by Gasteiger charge is 2.34. The molecule has 0 N–H and O–H groups in total. The van der Waals surface area contributed by atoms with Crippen LogP contribution in [0.1, 0.15) is 25.8 Å². The Kier molecular flexibility index (Phi) is 6.74. The van der Waals surface area contributed by atoms with Gasteiger partial charge in [0.2, 0.25) is 0 Å². The molecule has 7 heteroatoms. The van der Waals surface area contributed by atoms with Crippen molar-refractivity contribution in [3.63, 3.8) is 0 Å². The third-order valence-electron chi connectivity index (χ3n) is 5.26. The number of methoxy groups -OCH3 is 1. The lowest BCUT2D eigenvalue weighted by Crippen LogP contribution is -2.27. The van der Waals surface area contributed by atoms with Crippen molar-refractivity contribution in [3.05, 3.63) is 75.7 Å². The Balaban J connectivity index is 1.64. The van der Waals surface area contributed by atoms with Crippen LogP contribution in [0.15, 0.2) is 75.0 Å². The summed E-state index contributed by atoms with van der Waals surface area (Å²) in [5.74, 6) is 0.842. The van der Waals surface area contributed by atoms with Crippen LogP contribution in [0.3, 0.4) is 0 Å². The summed E-state index contributed by atoms with van der Waals surface area (Å²) in [7, 11) is 1.68. The molecule has 0 aliphatic carbocycles. The van der Waals surface area contributed by atoms with Crippen LogP contribution in [0.25, 0.3) is 0 Å². The second kappa shape index (κ2) is 9.51. The molecular weight excluding hydrogens is 444 g/mol. The first-order valence-corrected chi connectivity index (χ1v) is 12.3. The van der Waals surface area contributed by atoms with E-state index in [1.165, 1.54) is 16.7 Å². The molecule has 4 rings (SSSR count). The van der Waals surface area contributed by atoms with Crippen LogP contribution in [0.2, 0.25) is 0 Å². The van der Waals surface area contributed by atoms with Gasteiger partial charge in [-0.25, -0.2) is 0 Å². The Morgan fingerprint density at radius 1 is 1.10 bits per heavy atom. The molecule has 2 heterocycles. The zero-order chi connectivity index (χ0) is 22.0. The van der Waals surface area contributed by atoms with E-state index in [4.69, 9.17) is 17.0 Å². The van der Waals surface area contributed by atoms with Crippen LogP contribution in [0.4, 0.5) is 5.69 Å². The number of fused-ring (bicyclic) bond motifs is 1. The predicted molar refractivity (Wildman–Crippen MR) is 134 cm³/mol. The molecule has 0 unspecified atom stereocenters. The van der Waals surface area contributed by atoms with Crippen molar-refractivity contribution < 1.29 is 9.53 Å². The number of benzene rings is 2. The van der Waals surface area contributed by atoms with Gasteiger partial charge < -0.3 is 9.64 Å². The van der Waals surface area contributed by atoms with E-state index in [1.807, 2.05) is 36.4 Å². The van der Waals surface area contributed by atoms with Crippen LogP contribution in [0, 0.1) is 0 Å². The quantitative estimate of drug-likeness (QED) is 0.371. The molecule has 0 atom stereocenters. The first kappa shape index (κ1) is 22.0. The summed E-state index contributed by atoms with van der Waals surface area (Å²) in [6, 6.07) is 16.1. The smallest absolute Gasteiger partial charge is 0.266 e. The van der Waals surface area contributed by atoms with Crippen LogP contribution < -0.4 is 9.64 Å². The summed E-state index contributed by atoms with van der Waals surface area (Å²) in [5, 5.41) is 1.12. The normalized spacial score (nSPS) is 18.7. The van der Waals surface area contributed by atoms with E-state index in [-0.39, 0.29) is 5.91 Å². The van der Waals surface area contributed by atoms with Gasteiger partial charge in [0, 0.05) is 17.5 Å². The van der Waals surface area contributed by atoms with E-state index in [0.717, 1.165) is 45.5 Å². The molecular formula is C24H24N2O2S3. The van der Waals surface area contributed by atoms with Gasteiger partial charge in [0.1, 0.15) is 10.1 Å². The van der Waals surface area contributed by atoms with E-state index in [1.54, 1.807) is 23.8 Å². The lowest BCUT2D eigenvalue weighted by atomic mass is 10.1. The van der Waals surface area contributed by atoms with Gasteiger partial charge in [-0.2, -0.15) is 0 Å². The van der Waals surface area contributed by atoms with Crippen LogP contribution in [-0.2, 0) is 11.3 Å². The van der Waals surface area contributed by atoms with Gasteiger partial charge in [0.05, 0.1) is 29.3 Å². The van der Waals surface area contributed by atoms with Crippen molar-refractivity contribution in [2.75, 3.05) is 18.6 Å². The molecule has 2 aromatic rings. The number of nitrogens with zero attached hydrogens (tertiary/aromatic N) is 2. The minimum absolute atomic E-state index is 0.00205. The molecule has 2 aliphatic heterocycles. The monoisotopic (exact) mass is 468 g/mol. The Bertz CT molecular complexity index is 1080. The molecule has 0 bridgehead atoms. The van der Waals surface area contributed by atoms with Crippen molar-refractivity contribution in [1.82, 2.24) is 4.90 Å². The lowest BCUT2D eigenvalue weighted by Gasteiger charge is -2.19. The predicted octanol–water partition coefficient (Wildman–Crippen LogP) is 6.19. The average molecular weight is 469 g/mol. The molecule has 0 spiro atoms. The second-order valence-electron chi connectivity index (χ2n) is 7.12. The number of hydrogen-bond donors (Lipinski definition) is 0. The van der Waals surface area contributed by atoms with E-state index in [0.29, 0.717) is 10.9 Å². The first-order chi connectivity index (χ1) is 15.0. The third kappa shape index (κ3) is 4.40. The van der Waals surface area contributed by atoms with Crippen molar-refractivity contribution in [1.29, 1.82) is 0 Å². The average Bonchev–Trinajstić information content (AvgIpc) is 3.28. The molecule has 1 amide bonds.